The molecule has 0 radical (unpaired) electrons. The Morgan fingerprint density at radius 1 is 1.35 bits per heavy atom. The third-order valence-corrected chi connectivity index (χ3v) is 3.68. The number of nitrogens with one attached hydrogen (secondary N) is 1. The van der Waals surface area contributed by atoms with Gasteiger partial charge in [-0.2, -0.15) is 4.72 Å². The molecule has 0 saturated heterocycles. The van der Waals surface area contributed by atoms with Crippen molar-refractivity contribution in [1.82, 2.24) is 4.72 Å². The number of carbonyl (C=O) groups is 1. The summed E-state index contributed by atoms with van der Waals surface area (Å²) in [4.78, 5) is 20.7. The average Bonchev–Trinajstić information content (AvgIpc) is 2.43. The molecule has 0 unspecified atom stereocenters. The molecule has 1 rings (SSSR count). The van der Waals surface area contributed by atoms with Gasteiger partial charge in [0.05, 0.1) is 15.7 Å². The van der Waals surface area contributed by atoms with Crippen LogP contribution in [0.5, 0.6) is 0 Å². The molecule has 110 valence electrons. The number of ether oxygens (including phenoxy) is 1. The maximum atomic E-state index is 11.8. The maximum absolute atomic E-state index is 11.8. The van der Waals surface area contributed by atoms with Crippen LogP contribution in [-0.4, -0.2) is 38.3 Å². The van der Waals surface area contributed by atoms with Crippen LogP contribution in [-0.2, 0) is 19.6 Å². The van der Waals surface area contributed by atoms with E-state index in [-0.39, 0.29) is 23.1 Å². The van der Waals surface area contributed by atoms with E-state index in [1.807, 2.05) is 4.72 Å². The normalized spacial score (nSPS) is 11.1. The molecular weight excluding hydrogens is 312 g/mol. The first-order valence-electron chi connectivity index (χ1n) is 5.32. The Kier molecular flexibility index (Phi) is 5.86. The minimum atomic E-state index is -3.93. The van der Waals surface area contributed by atoms with Crippen molar-refractivity contribution < 1.29 is 22.9 Å². The number of alkyl halides is 1. The SMILES string of the molecule is O=C(CNS(=O)(=O)c1ccc([N+](=O)[O-])cc1)OCCCl. The number of hydrogen-bond acceptors (Lipinski definition) is 6. The average molecular weight is 323 g/mol. The number of nitro groups is 1. The summed E-state index contributed by atoms with van der Waals surface area (Å²) in [5.74, 6) is -0.656. The number of sulfonamides is 1. The quantitative estimate of drug-likeness (QED) is 0.341. The Morgan fingerprint density at radius 2 is 1.95 bits per heavy atom. The van der Waals surface area contributed by atoms with E-state index in [2.05, 4.69) is 4.74 Å². The molecule has 8 nitrogen and oxygen atoms in total. The van der Waals surface area contributed by atoms with E-state index in [4.69, 9.17) is 11.6 Å². The van der Waals surface area contributed by atoms with Crippen molar-refractivity contribution in [2.24, 2.45) is 0 Å². The summed E-state index contributed by atoms with van der Waals surface area (Å²) >= 11 is 5.30. The van der Waals surface area contributed by atoms with Crippen molar-refractivity contribution in [3.8, 4) is 0 Å². The predicted molar refractivity (Wildman–Crippen MR) is 70.0 cm³/mol. The van der Waals surface area contributed by atoms with Crippen molar-refractivity contribution in [2.75, 3.05) is 19.0 Å². The molecule has 0 aromatic heterocycles. The van der Waals surface area contributed by atoms with E-state index < -0.39 is 27.5 Å². The van der Waals surface area contributed by atoms with Gasteiger partial charge >= 0.3 is 5.97 Å². The van der Waals surface area contributed by atoms with Gasteiger partial charge in [0.15, 0.2) is 0 Å². The van der Waals surface area contributed by atoms with E-state index in [1.165, 1.54) is 0 Å². The number of non-ortho nitro benzene ring substituents is 1. The van der Waals surface area contributed by atoms with E-state index in [0.717, 1.165) is 24.3 Å². The molecule has 0 amide bonds. The van der Waals surface area contributed by atoms with Gasteiger partial charge in [-0.3, -0.25) is 14.9 Å². The third-order valence-electron chi connectivity index (χ3n) is 2.10. The minimum Gasteiger partial charge on any atom is -0.463 e. The van der Waals surface area contributed by atoms with E-state index >= 15 is 0 Å². The van der Waals surface area contributed by atoms with Crippen molar-refractivity contribution in [3.63, 3.8) is 0 Å². The van der Waals surface area contributed by atoms with Crippen molar-refractivity contribution >= 4 is 33.3 Å². The first-order chi connectivity index (χ1) is 9.36. The predicted octanol–water partition coefficient (Wildman–Crippen LogP) is 0.655. The fraction of sp³-hybridized carbons (Fsp3) is 0.300. The van der Waals surface area contributed by atoms with Crippen LogP contribution >= 0.6 is 11.6 Å². The molecule has 1 aromatic rings. The van der Waals surface area contributed by atoms with Crippen LogP contribution in [0, 0.1) is 10.1 Å². The van der Waals surface area contributed by atoms with Crippen LogP contribution in [0.15, 0.2) is 29.2 Å². The summed E-state index contributed by atoms with van der Waals surface area (Å²) in [6, 6.07) is 4.26. The topological polar surface area (TPSA) is 116 Å². The monoisotopic (exact) mass is 322 g/mol. The van der Waals surface area contributed by atoms with Gasteiger partial charge in [0.25, 0.3) is 5.69 Å². The molecule has 1 N–H and O–H groups in total. The summed E-state index contributed by atoms with van der Waals surface area (Å²) in [5.41, 5.74) is -0.231. The van der Waals surface area contributed by atoms with Gasteiger partial charge in [-0.25, -0.2) is 8.42 Å². The minimum absolute atomic E-state index is 0.0142. The van der Waals surface area contributed by atoms with Crippen molar-refractivity contribution in [2.45, 2.75) is 4.90 Å². The highest BCUT2D eigenvalue weighted by Gasteiger charge is 2.17. The first kappa shape index (κ1) is 16.3. The van der Waals surface area contributed by atoms with Crippen LogP contribution in [0.1, 0.15) is 0 Å². The smallest absolute Gasteiger partial charge is 0.321 e. The van der Waals surface area contributed by atoms with Gasteiger partial charge in [-0.05, 0) is 12.1 Å². The third kappa shape index (κ3) is 4.76. The Balaban J connectivity index is 2.69. The number of benzene rings is 1. The molecule has 0 bridgehead atoms. The van der Waals surface area contributed by atoms with Gasteiger partial charge in [-0.1, -0.05) is 0 Å². The van der Waals surface area contributed by atoms with Gasteiger partial charge in [0.1, 0.15) is 13.2 Å². The number of hydrogen-bond donors (Lipinski definition) is 1. The van der Waals surface area contributed by atoms with Crippen LogP contribution in [0.25, 0.3) is 0 Å². The van der Waals surface area contributed by atoms with Crippen LogP contribution in [0.2, 0.25) is 0 Å². The first-order valence-corrected chi connectivity index (χ1v) is 7.34. The highest BCUT2D eigenvalue weighted by atomic mass is 35.5. The molecule has 0 atom stereocenters. The van der Waals surface area contributed by atoms with Gasteiger partial charge in [-0.15, -0.1) is 11.6 Å². The molecule has 0 spiro atoms. The summed E-state index contributed by atoms with van der Waals surface area (Å²) in [7, 11) is -3.93. The summed E-state index contributed by atoms with van der Waals surface area (Å²) < 4.78 is 30.2. The fourth-order valence-electron chi connectivity index (χ4n) is 1.19. The largest absolute Gasteiger partial charge is 0.463 e. The Labute approximate surface area is 119 Å². The number of nitrogens with zero attached hydrogens (tertiary/aromatic N) is 1. The standard InChI is InChI=1S/C10H11ClN2O6S/c11-5-6-19-10(14)7-12-20(17,18)9-3-1-8(2-4-9)13(15)16/h1-4,12H,5-7H2. The number of nitro benzene ring substituents is 1. The summed E-state index contributed by atoms with van der Waals surface area (Å²) in [6.07, 6.45) is 0. The number of carbonyl (C=O) groups excluding carboxylic acids is 1. The Morgan fingerprint density at radius 3 is 2.45 bits per heavy atom. The molecule has 0 aliphatic heterocycles. The Hall–Kier alpha value is -1.71. The number of esters is 1. The second kappa shape index (κ2) is 7.17. The second-order valence-corrected chi connectivity index (χ2v) is 5.63. The molecular formula is C10H11ClN2O6S. The zero-order valence-corrected chi connectivity index (χ0v) is 11.7. The fourth-order valence-corrected chi connectivity index (χ4v) is 2.23. The molecule has 1 aromatic carbocycles. The van der Waals surface area contributed by atoms with E-state index in [0.29, 0.717) is 0 Å². The second-order valence-electron chi connectivity index (χ2n) is 3.49. The number of rotatable bonds is 7. The maximum Gasteiger partial charge on any atom is 0.321 e. The van der Waals surface area contributed by atoms with Crippen molar-refractivity contribution in [1.29, 1.82) is 0 Å². The highest BCUT2D eigenvalue weighted by Crippen LogP contribution is 2.15. The zero-order valence-electron chi connectivity index (χ0n) is 10.1. The molecule has 0 aliphatic rings. The van der Waals surface area contributed by atoms with Crippen LogP contribution < -0.4 is 4.72 Å². The molecule has 0 heterocycles. The molecule has 0 saturated carbocycles. The van der Waals surface area contributed by atoms with E-state index in [1.54, 1.807) is 0 Å². The van der Waals surface area contributed by atoms with Crippen LogP contribution in [0.4, 0.5) is 5.69 Å². The van der Waals surface area contributed by atoms with E-state index in [9.17, 15) is 23.3 Å². The molecule has 0 aliphatic carbocycles. The number of halogens is 1. The lowest BCUT2D eigenvalue weighted by molar-refractivity contribution is -0.384. The van der Waals surface area contributed by atoms with Crippen molar-refractivity contribution in [3.05, 3.63) is 34.4 Å². The zero-order chi connectivity index (χ0) is 15.2. The Bertz CT molecular complexity index is 586. The lowest BCUT2D eigenvalue weighted by atomic mass is 10.3. The summed E-state index contributed by atoms with van der Waals surface area (Å²) in [6.45, 7) is -0.560. The highest BCUT2D eigenvalue weighted by molar-refractivity contribution is 7.89. The molecule has 20 heavy (non-hydrogen) atoms. The molecule has 0 fully saturated rings. The summed E-state index contributed by atoms with van der Waals surface area (Å²) in [5, 5.41) is 10.4. The van der Waals surface area contributed by atoms with Gasteiger partial charge in [0, 0.05) is 12.1 Å². The lowest BCUT2D eigenvalue weighted by Gasteiger charge is -2.06. The lowest BCUT2D eigenvalue weighted by Crippen LogP contribution is -2.31. The van der Waals surface area contributed by atoms with Crippen LogP contribution in [0.3, 0.4) is 0 Å². The molecule has 10 heteroatoms. The van der Waals surface area contributed by atoms with Gasteiger partial charge in [0.2, 0.25) is 10.0 Å². The van der Waals surface area contributed by atoms with Gasteiger partial charge < -0.3 is 4.74 Å².